The van der Waals surface area contributed by atoms with Gasteiger partial charge >= 0.3 is 7.82 Å². The Hall–Kier alpha value is -0.0900. The Morgan fingerprint density at radius 3 is 1.96 bits per heavy atom. The minimum absolute atomic E-state index is 0.136. The highest BCUT2D eigenvalue weighted by Crippen LogP contribution is 2.52. The van der Waals surface area contributed by atoms with E-state index in [1.807, 2.05) is 13.8 Å². The molecule has 0 radical (unpaired) electrons. The van der Waals surface area contributed by atoms with Crippen LogP contribution in [0.3, 0.4) is 0 Å². The van der Waals surface area contributed by atoms with E-state index in [4.69, 9.17) is 23.4 Å². The van der Waals surface area contributed by atoms with Gasteiger partial charge in [0.2, 0.25) is 0 Å². The lowest BCUT2D eigenvalue weighted by Crippen LogP contribution is -2.59. The van der Waals surface area contributed by atoms with Crippen molar-refractivity contribution in [2.75, 3.05) is 19.8 Å². The Morgan fingerprint density at radius 2 is 1.50 bits per heavy atom. The second-order valence-corrected chi connectivity index (χ2v) is 7.25. The Bertz CT molecular complexity index is 378. The third-order valence-electron chi connectivity index (χ3n) is 3.58. The minimum Gasteiger partial charge on any atom is -0.394 e. The van der Waals surface area contributed by atoms with Crippen molar-refractivity contribution in [1.29, 1.82) is 0 Å². The number of aliphatic hydroxyl groups is 4. The number of unbranched alkanes of at least 4 members (excludes halogenated alkanes) is 2. The van der Waals surface area contributed by atoms with Gasteiger partial charge in [-0.3, -0.25) is 13.6 Å². The number of phosphoric acid groups is 1. The van der Waals surface area contributed by atoms with Gasteiger partial charge in [0.15, 0.2) is 6.29 Å². The second-order valence-electron chi connectivity index (χ2n) is 5.62. The largest absolute Gasteiger partial charge is 0.477 e. The molecule has 1 heterocycles. The van der Waals surface area contributed by atoms with Gasteiger partial charge in [0.05, 0.1) is 19.8 Å². The summed E-state index contributed by atoms with van der Waals surface area (Å²) in [7, 11) is -4.03. The monoisotopic (exact) mass is 372 g/mol. The van der Waals surface area contributed by atoms with Gasteiger partial charge in [0.1, 0.15) is 24.4 Å². The van der Waals surface area contributed by atoms with Gasteiger partial charge in [-0.05, 0) is 12.8 Å². The van der Waals surface area contributed by atoms with E-state index in [9.17, 15) is 19.9 Å². The lowest BCUT2D eigenvalue weighted by atomic mass is 10.00. The summed E-state index contributed by atoms with van der Waals surface area (Å²) in [5.41, 5.74) is 0. The van der Waals surface area contributed by atoms with Crippen LogP contribution in [-0.2, 0) is 22.9 Å². The molecule has 1 saturated heterocycles. The van der Waals surface area contributed by atoms with E-state index in [-0.39, 0.29) is 13.2 Å². The Morgan fingerprint density at radius 1 is 0.958 bits per heavy atom. The smallest absolute Gasteiger partial charge is 0.394 e. The Kier molecular flexibility index (Phi) is 9.88. The molecule has 0 aromatic heterocycles. The van der Waals surface area contributed by atoms with E-state index in [0.717, 1.165) is 12.8 Å². The predicted molar refractivity (Wildman–Crippen MR) is 84.2 cm³/mol. The summed E-state index contributed by atoms with van der Waals surface area (Å²) < 4.78 is 33.5. The molecule has 10 heteroatoms. The maximum atomic E-state index is 12.7. The molecular formula is C14H29O9P. The van der Waals surface area contributed by atoms with Gasteiger partial charge in [-0.1, -0.05) is 26.7 Å². The molecule has 1 aliphatic rings. The lowest BCUT2D eigenvalue weighted by Gasteiger charge is -2.40. The van der Waals surface area contributed by atoms with Crippen LogP contribution in [0, 0.1) is 0 Å². The molecule has 0 bridgehead atoms. The van der Waals surface area contributed by atoms with Crippen molar-refractivity contribution < 1.29 is 43.3 Å². The minimum atomic E-state index is -4.03. The molecule has 1 rings (SSSR count). The van der Waals surface area contributed by atoms with Crippen molar-refractivity contribution in [2.24, 2.45) is 0 Å². The van der Waals surface area contributed by atoms with Crippen LogP contribution in [0.2, 0.25) is 0 Å². The van der Waals surface area contributed by atoms with Gasteiger partial charge in [-0.15, -0.1) is 0 Å². The molecule has 0 amide bonds. The van der Waals surface area contributed by atoms with Gasteiger partial charge in [0, 0.05) is 0 Å². The standard InChI is InChI=1S/C14H29O9P/c1-3-5-7-20-24(19,21-8-6-4-2)23-14-13(18)12(17)11(16)10(9-15)22-14/h10-18H,3-9H2,1-2H3/t10-,11-,12+,13-,14+/m1/s1. The van der Waals surface area contributed by atoms with Crippen LogP contribution in [0.15, 0.2) is 0 Å². The Labute approximate surface area is 142 Å². The first-order chi connectivity index (χ1) is 11.4. The zero-order valence-corrected chi connectivity index (χ0v) is 15.0. The molecule has 0 unspecified atom stereocenters. The average molecular weight is 372 g/mol. The van der Waals surface area contributed by atoms with Crippen LogP contribution in [0.5, 0.6) is 0 Å². The van der Waals surface area contributed by atoms with Crippen LogP contribution in [0.4, 0.5) is 0 Å². The molecule has 144 valence electrons. The van der Waals surface area contributed by atoms with Gasteiger partial charge in [-0.25, -0.2) is 4.57 Å². The third-order valence-corrected chi connectivity index (χ3v) is 5.04. The fraction of sp³-hybridized carbons (Fsp3) is 1.00. The molecule has 0 aliphatic carbocycles. The van der Waals surface area contributed by atoms with Crippen molar-refractivity contribution in [3.05, 3.63) is 0 Å². The summed E-state index contributed by atoms with van der Waals surface area (Å²) in [6, 6.07) is 0. The predicted octanol–water partition coefficient (Wildman–Crippen LogP) is 0.544. The maximum Gasteiger partial charge on any atom is 0.477 e. The van der Waals surface area contributed by atoms with Crippen molar-refractivity contribution >= 4 is 7.82 Å². The summed E-state index contributed by atoms with van der Waals surface area (Å²) in [6.45, 7) is 3.53. The topological polar surface area (TPSA) is 135 Å². The van der Waals surface area contributed by atoms with E-state index in [1.54, 1.807) is 0 Å². The van der Waals surface area contributed by atoms with E-state index in [0.29, 0.717) is 12.8 Å². The number of rotatable bonds is 11. The summed E-state index contributed by atoms with van der Waals surface area (Å²) >= 11 is 0. The summed E-state index contributed by atoms with van der Waals surface area (Å²) in [5, 5.41) is 38.6. The molecule has 1 fully saturated rings. The molecule has 5 atom stereocenters. The van der Waals surface area contributed by atoms with E-state index in [2.05, 4.69) is 0 Å². The second kappa shape index (κ2) is 10.8. The van der Waals surface area contributed by atoms with Crippen LogP contribution in [0.1, 0.15) is 39.5 Å². The highest BCUT2D eigenvalue weighted by molar-refractivity contribution is 7.48. The van der Waals surface area contributed by atoms with Crippen molar-refractivity contribution in [3.8, 4) is 0 Å². The van der Waals surface area contributed by atoms with Crippen LogP contribution >= 0.6 is 7.82 Å². The van der Waals surface area contributed by atoms with Crippen LogP contribution in [-0.4, -0.2) is 71.0 Å². The number of ether oxygens (including phenoxy) is 1. The maximum absolute atomic E-state index is 12.7. The van der Waals surface area contributed by atoms with E-state index >= 15 is 0 Å². The molecular weight excluding hydrogens is 343 g/mol. The van der Waals surface area contributed by atoms with Crippen molar-refractivity contribution in [2.45, 2.75) is 70.2 Å². The quantitative estimate of drug-likeness (QED) is 0.303. The first kappa shape index (κ1) is 22.0. The zero-order valence-electron chi connectivity index (χ0n) is 14.1. The molecule has 1 aliphatic heterocycles. The summed E-state index contributed by atoms with van der Waals surface area (Å²) in [6.07, 6.45) is -4.63. The molecule has 4 N–H and O–H groups in total. The molecule has 0 aromatic carbocycles. The van der Waals surface area contributed by atoms with Gasteiger partial charge < -0.3 is 25.2 Å². The first-order valence-corrected chi connectivity index (χ1v) is 9.72. The first-order valence-electron chi connectivity index (χ1n) is 8.26. The van der Waals surface area contributed by atoms with Crippen molar-refractivity contribution in [1.82, 2.24) is 0 Å². The summed E-state index contributed by atoms with van der Waals surface area (Å²) in [5.74, 6) is 0. The van der Waals surface area contributed by atoms with Crippen molar-refractivity contribution in [3.63, 3.8) is 0 Å². The number of hydrogen-bond acceptors (Lipinski definition) is 9. The fourth-order valence-corrected chi connectivity index (χ4v) is 3.35. The number of phosphoric ester groups is 1. The lowest BCUT2D eigenvalue weighted by molar-refractivity contribution is -0.281. The highest BCUT2D eigenvalue weighted by Gasteiger charge is 2.47. The Balaban J connectivity index is 2.76. The number of hydrogen-bond donors (Lipinski definition) is 4. The fourth-order valence-electron chi connectivity index (χ4n) is 2.02. The zero-order chi connectivity index (χ0) is 18.2. The average Bonchev–Trinajstić information content (AvgIpc) is 2.56. The molecule has 9 nitrogen and oxygen atoms in total. The van der Waals surface area contributed by atoms with E-state index < -0.39 is 45.1 Å². The van der Waals surface area contributed by atoms with Gasteiger partial charge in [0.25, 0.3) is 0 Å². The molecule has 0 saturated carbocycles. The normalized spacial score (nSPS) is 31.3. The van der Waals surface area contributed by atoms with E-state index in [1.165, 1.54) is 0 Å². The third kappa shape index (κ3) is 6.33. The number of aliphatic hydroxyl groups excluding tert-OH is 4. The molecule has 24 heavy (non-hydrogen) atoms. The van der Waals surface area contributed by atoms with Crippen LogP contribution < -0.4 is 0 Å². The molecule has 0 spiro atoms. The SMILES string of the molecule is CCCCOP(=O)(OCCCC)O[C@@H]1O[C@H](CO)[C@@H](O)[C@H](O)[C@H]1O. The molecule has 0 aromatic rings. The highest BCUT2D eigenvalue weighted by atomic mass is 31.2. The van der Waals surface area contributed by atoms with Crippen LogP contribution in [0.25, 0.3) is 0 Å². The summed E-state index contributed by atoms with van der Waals surface area (Å²) in [4.78, 5) is 0. The van der Waals surface area contributed by atoms with Gasteiger partial charge in [-0.2, -0.15) is 0 Å².